The lowest BCUT2D eigenvalue weighted by Gasteiger charge is -2.61. The van der Waals surface area contributed by atoms with E-state index in [1.807, 2.05) is 50.5 Å². The first-order valence-corrected chi connectivity index (χ1v) is 18.6. The second kappa shape index (κ2) is 12.6. The van der Waals surface area contributed by atoms with E-state index in [0.29, 0.717) is 34.4 Å². The molecular weight excluding hydrogens is 658 g/mol. The number of phenolic OH excluding ortho intramolecular Hbond substituents is 1. The van der Waals surface area contributed by atoms with Gasteiger partial charge in [0.2, 0.25) is 5.95 Å². The van der Waals surface area contributed by atoms with Gasteiger partial charge in [-0.2, -0.15) is 0 Å². The number of nitrogens with one attached hydrogen (secondary N) is 1. The Balaban J connectivity index is 0.793. The number of carboxylic acids is 1. The highest BCUT2D eigenvalue weighted by Crippen LogP contribution is 2.52. The molecule has 3 aliphatic heterocycles. The van der Waals surface area contributed by atoms with E-state index in [9.17, 15) is 15.0 Å². The lowest BCUT2D eigenvalue weighted by atomic mass is 9.60. The fourth-order valence-corrected chi connectivity index (χ4v) is 9.39. The van der Waals surface area contributed by atoms with Crippen molar-refractivity contribution in [3.8, 4) is 17.0 Å². The standard InChI is InChI=1S/C39H45N9O4/c1-22(2)34(37(50)51)32-15-33(45-52-32)47-20-39(21-47)16-26(17-39)46-11-8-24(9-12-46)25-18-40-38(41-19-25)48-13-10-29-35(23(48)3)28-14-30(43-44-36(28)42-29)27-6-4-5-7-31(27)49/h4-7,14-15,18-19,22-24,26,34,49H,8-13,16-17,20-21H2,1-3H3,(H,42,44)(H,50,51)/t23-,34?/m0/s1. The molecule has 4 aromatic heterocycles. The normalized spacial score (nSPS) is 21.3. The maximum absolute atomic E-state index is 11.7. The predicted molar refractivity (Wildman–Crippen MR) is 195 cm³/mol. The molecule has 52 heavy (non-hydrogen) atoms. The molecule has 1 saturated carbocycles. The number of aromatic amines is 1. The number of phenols is 1. The third kappa shape index (κ3) is 5.56. The Hall–Kier alpha value is -5.04. The highest BCUT2D eigenvalue weighted by molar-refractivity contribution is 5.86. The molecule has 270 valence electrons. The van der Waals surface area contributed by atoms with Gasteiger partial charge in [-0.15, -0.1) is 10.2 Å². The fraction of sp³-hybridized carbons (Fsp3) is 0.487. The molecule has 1 aromatic carbocycles. The third-order valence-electron chi connectivity index (χ3n) is 12.2. The van der Waals surface area contributed by atoms with Crippen molar-refractivity contribution in [3.63, 3.8) is 0 Å². The number of carboxylic acid groups (broad SMARTS) is 1. The summed E-state index contributed by atoms with van der Waals surface area (Å²) in [5.74, 6) is 0.990. The summed E-state index contributed by atoms with van der Waals surface area (Å²) >= 11 is 0. The summed E-state index contributed by atoms with van der Waals surface area (Å²) in [7, 11) is 0. The maximum atomic E-state index is 11.7. The molecule has 7 heterocycles. The van der Waals surface area contributed by atoms with Crippen molar-refractivity contribution < 1.29 is 19.5 Å². The number of H-pyrrole nitrogens is 1. The Kier molecular flexibility index (Phi) is 7.94. The number of likely N-dealkylation sites (tertiary alicyclic amines) is 1. The molecule has 0 bridgehead atoms. The predicted octanol–water partition coefficient (Wildman–Crippen LogP) is 5.90. The van der Waals surface area contributed by atoms with E-state index in [2.05, 4.69) is 42.0 Å². The minimum atomic E-state index is -0.872. The van der Waals surface area contributed by atoms with Gasteiger partial charge in [-0.3, -0.25) is 4.79 Å². The molecule has 1 unspecified atom stereocenters. The van der Waals surface area contributed by atoms with Crippen LogP contribution in [0.3, 0.4) is 0 Å². The molecule has 5 aromatic rings. The van der Waals surface area contributed by atoms with Gasteiger partial charge in [0.1, 0.15) is 11.7 Å². The van der Waals surface area contributed by atoms with Gasteiger partial charge in [-0.25, -0.2) is 9.97 Å². The van der Waals surface area contributed by atoms with Crippen LogP contribution in [0.15, 0.2) is 53.3 Å². The molecule has 3 N–H and O–H groups in total. The number of rotatable bonds is 8. The van der Waals surface area contributed by atoms with E-state index in [4.69, 9.17) is 14.5 Å². The molecule has 0 radical (unpaired) electrons. The second-order valence-corrected chi connectivity index (χ2v) is 15.8. The molecule has 0 amide bonds. The summed E-state index contributed by atoms with van der Waals surface area (Å²) in [6.07, 6.45) is 9.54. The van der Waals surface area contributed by atoms with Crippen LogP contribution in [-0.4, -0.2) is 90.2 Å². The van der Waals surface area contributed by atoms with Crippen LogP contribution >= 0.6 is 0 Å². The quantitative estimate of drug-likeness (QED) is 0.176. The fourth-order valence-electron chi connectivity index (χ4n) is 9.39. The minimum absolute atomic E-state index is 0.0455. The number of hydrogen-bond acceptors (Lipinski definition) is 11. The summed E-state index contributed by atoms with van der Waals surface area (Å²) in [5.41, 5.74) is 5.98. The van der Waals surface area contributed by atoms with E-state index in [1.54, 1.807) is 12.1 Å². The number of para-hydroxylation sites is 1. The van der Waals surface area contributed by atoms with Crippen LogP contribution in [0.4, 0.5) is 11.8 Å². The monoisotopic (exact) mass is 703 g/mol. The molecule has 13 nitrogen and oxygen atoms in total. The average molecular weight is 704 g/mol. The van der Waals surface area contributed by atoms with Crippen LogP contribution in [0.25, 0.3) is 22.3 Å². The zero-order valence-electron chi connectivity index (χ0n) is 29.9. The molecule has 13 heteroatoms. The van der Waals surface area contributed by atoms with Gasteiger partial charge < -0.3 is 34.4 Å². The van der Waals surface area contributed by atoms with Gasteiger partial charge in [0.05, 0.1) is 11.7 Å². The zero-order chi connectivity index (χ0) is 35.7. The molecule has 3 fully saturated rings. The van der Waals surface area contributed by atoms with Gasteiger partial charge in [0.25, 0.3) is 0 Å². The van der Waals surface area contributed by atoms with Crippen molar-refractivity contribution in [1.29, 1.82) is 0 Å². The van der Waals surface area contributed by atoms with Gasteiger partial charge in [-0.1, -0.05) is 31.1 Å². The van der Waals surface area contributed by atoms with E-state index >= 15 is 0 Å². The van der Waals surface area contributed by atoms with Crippen LogP contribution in [0, 0.1) is 11.3 Å². The van der Waals surface area contributed by atoms with Crippen molar-refractivity contribution in [1.82, 2.24) is 35.2 Å². The number of nitrogens with zero attached hydrogens (tertiary/aromatic N) is 8. The Labute approximate surface area is 302 Å². The highest BCUT2D eigenvalue weighted by atomic mass is 16.5. The first-order valence-electron chi connectivity index (χ1n) is 18.6. The molecular formula is C39H45N9O4. The van der Waals surface area contributed by atoms with Crippen molar-refractivity contribution >= 4 is 28.8 Å². The van der Waals surface area contributed by atoms with Crippen LogP contribution in [0.1, 0.15) is 86.9 Å². The van der Waals surface area contributed by atoms with Gasteiger partial charge in [0.15, 0.2) is 17.2 Å². The Bertz CT molecular complexity index is 2110. The van der Waals surface area contributed by atoms with Crippen molar-refractivity contribution in [3.05, 3.63) is 71.4 Å². The summed E-state index contributed by atoms with van der Waals surface area (Å²) in [4.78, 5) is 32.2. The topological polar surface area (TPSA) is 161 Å². The van der Waals surface area contributed by atoms with E-state index in [1.165, 1.54) is 29.7 Å². The average Bonchev–Trinajstić information content (AvgIpc) is 3.72. The number of piperidine rings is 1. The number of fused-ring (bicyclic) bond motifs is 3. The second-order valence-electron chi connectivity index (χ2n) is 15.8. The summed E-state index contributed by atoms with van der Waals surface area (Å²) in [6.45, 7) is 10.9. The molecule has 1 spiro atoms. The minimum Gasteiger partial charge on any atom is -0.507 e. The number of hydrogen-bond donors (Lipinski definition) is 3. The van der Waals surface area contributed by atoms with E-state index in [-0.39, 0.29) is 17.7 Å². The van der Waals surface area contributed by atoms with Crippen molar-refractivity contribution in [2.45, 2.75) is 76.8 Å². The number of aliphatic carboxylic acids is 1. The lowest BCUT2D eigenvalue weighted by molar-refractivity contribution is -0.140. The van der Waals surface area contributed by atoms with Crippen LogP contribution in [-0.2, 0) is 11.2 Å². The van der Waals surface area contributed by atoms with E-state index < -0.39 is 11.9 Å². The van der Waals surface area contributed by atoms with Crippen molar-refractivity contribution in [2.75, 3.05) is 42.5 Å². The van der Waals surface area contributed by atoms with Crippen LogP contribution in [0.5, 0.6) is 5.75 Å². The Morgan fingerprint density at radius 1 is 1.04 bits per heavy atom. The molecule has 9 rings (SSSR count). The van der Waals surface area contributed by atoms with Gasteiger partial charge >= 0.3 is 5.97 Å². The van der Waals surface area contributed by atoms with Crippen LogP contribution in [0.2, 0.25) is 0 Å². The lowest BCUT2D eigenvalue weighted by Crippen LogP contribution is -2.67. The zero-order valence-corrected chi connectivity index (χ0v) is 29.9. The molecule has 1 aliphatic carbocycles. The van der Waals surface area contributed by atoms with Crippen molar-refractivity contribution in [2.24, 2.45) is 11.3 Å². The molecule has 4 aliphatic rings. The molecule has 2 atom stereocenters. The first-order chi connectivity index (χ1) is 25.2. The summed E-state index contributed by atoms with van der Waals surface area (Å²) < 4.78 is 5.47. The summed E-state index contributed by atoms with van der Waals surface area (Å²) in [5, 5.41) is 34.1. The maximum Gasteiger partial charge on any atom is 0.314 e. The first kappa shape index (κ1) is 32.8. The van der Waals surface area contributed by atoms with E-state index in [0.717, 1.165) is 74.8 Å². The third-order valence-corrected chi connectivity index (χ3v) is 12.2. The largest absolute Gasteiger partial charge is 0.507 e. The number of benzene rings is 1. The summed E-state index contributed by atoms with van der Waals surface area (Å²) in [6, 6.07) is 11.7. The number of carbonyl (C=O) groups is 1. The van der Waals surface area contributed by atoms with Crippen LogP contribution < -0.4 is 9.80 Å². The SMILES string of the molecule is CC(C)C(C(=O)O)c1cc(N2CC3(CC(N4CCC(c5cnc(N6CCc7[nH]c8nnc(-c9ccccc9O)cc8c7[C@@H]6C)nc5)CC4)C3)C2)no1. The molecule has 2 saturated heterocycles. The Morgan fingerprint density at radius 3 is 2.50 bits per heavy atom. The number of aromatic nitrogens is 6. The Morgan fingerprint density at radius 2 is 1.79 bits per heavy atom. The number of aromatic hydroxyl groups is 1. The van der Waals surface area contributed by atoms with Gasteiger partial charge in [0, 0.05) is 78.2 Å². The highest BCUT2D eigenvalue weighted by Gasteiger charge is 2.54. The number of anilines is 2. The smallest absolute Gasteiger partial charge is 0.314 e. The van der Waals surface area contributed by atoms with Gasteiger partial charge in [-0.05, 0) is 81.3 Å².